The highest BCUT2D eigenvalue weighted by molar-refractivity contribution is 5.40. The number of nitrogens with two attached hydrogens (primary N) is 1. The molecule has 0 amide bonds. The van der Waals surface area contributed by atoms with Gasteiger partial charge >= 0.3 is 0 Å². The van der Waals surface area contributed by atoms with Crippen LogP contribution in [-0.2, 0) is 6.42 Å². The van der Waals surface area contributed by atoms with Gasteiger partial charge in [0.2, 0.25) is 0 Å². The molecule has 0 aliphatic rings. The van der Waals surface area contributed by atoms with Crippen molar-refractivity contribution in [3.63, 3.8) is 0 Å². The van der Waals surface area contributed by atoms with Crippen LogP contribution in [-0.4, -0.2) is 25.0 Å². The first-order valence-corrected chi connectivity index (χ1v) is 7.73. The zero-order valence-electron chi connectivity index (χ0n) is 13.1. The lowest BCUT2D eigenvalue weighted by atomic mass is 9.97. The van der Waals surface area contributed by atoms with Crippen LogP contribution >= 0.6 is 0 Å². The fourth-order valence-electron chi connectivity index (χ4n) is 2.48. The summed E-state index contributed by atoms with van der Waals surface area (Å²) in [7, 11) is 2.21. The van der Waals surface area contributed by atoms with Crippen molar-refractivity contribution >= 4 is 5.69 Å². The minimum absolute atomic E-state index is 0.574. The predicted molar refractivity (Wildman–Crippen MR) is 91.5 cm³/mol. The van der Waals surface area contributed by atoms with Gasteiger partial charge in [-0.2, -0.15) is 0 Å². The molecule has 1 atom stereocenters. The van der Waals surface area contributed by atoms with Crippen molar-refractivity contribution < 1.29 is 0 Å². The van der Waals surface area contributed by atoms with Gasteiger partial charge in [0.15, 0.2) is 0 Å². The van der Waals surface area contributed by atoms with E-state index in [-0.39, 0.29) is 0 Å². The third-order valence-electron chi connectivity index (χ3n) is 4.07. The molecule has 21 heavy (non-hydrogen) atoms. The third-order valence-corrected chi connectivity index (χ3v) is 4.07. The Morgan fingerprint density at radius 3 is 2.29 bits per heavy atom. The molecule has 0 radical (unpaired) electrons. The van der Waals surface area contributed by atoms with Crippen molar-refractivity contribution in [1.82, 2.24) is 4.90 Å². The van der Waals surface area contributed by atoms with E-state index in [0.29, 0.717) is 5.92 Å². The molecule has 0 aliphatic carbocycles. The van der Waals surface area contributed by atoms with Crippen LogP contribution in [0.2, 0.25) is 0 Å². The van der Waals surface area contributed by atoms with Crippen LogP contribution in [0, 0.1) is 0 Å². The summed E-state index contributed by atoms with van der Waals surface area (Å²) in [5.74, 6) is 0.574. The summed E-state index contributed by atoms with van der Waals surface area (Å²) in [4.78, 5) is 2.42. The van der Waals surface area contributed by atoms with E-state index in [2.05, 4.69) is 61.3 Å². The number of rotatable bonds is 7. The monoisotopic (exact) mass is 282 g/mol. The van der Waals surface area contributed by atoms with Crippen LogP contribution in [0.4, 0.5) is 5.69 Å². The molecule has 0 saturated heterocycles. The Bertz CT molecular complexity index is 519. The van der Waals surface area contributed by atoms with E-state index in [4.69, 9.17) is 5.73 Å². The third kappa shape index (κ3) is 5.24. The zero-order chi connectivity index (χ0) is 15.1. The van der Waals surface area contributed by atoms with Crippen LogP contribution in [0.1, 0.15) is 30.4 Å². The van der Waals surface area contributed by atoms with Crippen molar-refractivity contribution in [1.29, 1.82) is 0 Å². The molecule has 2 aromatic carbocycles. The van der Waals surface area contributed by atoms with Crippen LogP contribution in [0.3, 0.4) is 0 Å². The molecule has 2 heteroatoms. The standard InChI is InChI=1S/C19H26N2/c1-16(18-8-10-19(20)11-9-18)12-14-21(2)15-13-17-6-4-3-5-7-17/h3-11,16H,12-15,20H2,1-2H3. The Balaban J connectivity index is 1.73. The molecule has 2 nitrogen and oxygen atoms in total. The van der Waals surface area contributed by atoms with Crippen molar-refractivity contribution in [2.45, 2.75) is 25.7 Å². The summed E-state index contributed by atoms with van der Waals surface area (Å²) in [5, 5.41) is 0. The second-order valence-electron chi connectivity index (χ2n) is 5.90. The molecule has 0 heterocycles. The van der Waals surface area contributed by atoms with Gasteiger partial charge in [-0.25, -0.2) is 0 Å². The van der Waals surface area contributed by atoms with E-state index in [0.717, 1.165) is 25.2 Å². The van der Waals surface area contributed by atoms with Gasteiger partial charge in [0.05, 0.1) is 0 Å². The Morgan fingerprint density at radius 1 is 0.952 bits per heavy atom. The molecule has 0 bridgehead atoms. The van der Waals surface area contributed by atoms with E-state index in [1.54, 1.807) is 0 Å². The number of hydrogen-bond acceptors (Lipinski definition) is 2. The first-order valence-electron chi connectivity index (χ1n) is 7.73. The summed E-state index contributed by atoms with van der Waals surface area (Å²) in [6, 6.07) is 19.0. The lowest BCUT2D eigenvalue weighted by molar-refractivity contribution is 0.324. The van der Waals surface area contributed by atoms with Crippen LogP contribution in [0.15, 0.2) is 54.6 Å². The highest BCUT2D eigenvalue weighted by Crippen LogP contribution is 2.20. The molecule has 2 N–H and O–H groups in total. The predicted octanol–water partition coefficient (Wildman–Crippen LogP) is 3.94. The maximum atomic E-state index is 5.74. The minimum Gasteiger partial charge on any atom is -0.399 e. The van der Waals surface area contributed by atoms with E-state index in [1.807, 2.05) is 12.1 Å². The van der Waals surface area contributed by atoms with Gasteiger partial charge in [-0.3, -0.25) is 0 Å². The second-order valence-corrected chi connectivity index (χ2v) is 5.90. The minimum atomic E-state index is 0.574. The average molecular weight is 282 g/mol. The Hall–Kier alpha value is -1.80. The zero-order valence-corrected chi connectivity index (χ0v) is 13.1. The maximum Gasteiger partial charge on any atom is 0.0314 e. The van der Waals surface area contributed by atoms with Crippen molar-refractivity contribution in [2.75, 3.05) is 25.9 Å². The summed E-state index contributed by atoms with van der Waals surface area (Å²) < 4.78 is 0. The summed E-state index contributed by atoms with van der Waals surface area (Å²) >= 11 is 0. The van der Waals surface area contributed by atoms with E-state index < -0.39 is 0 Å². The number of nitrogens with zero attached hydrogens (tertiary/aromatic N) is 1. The Morgan fingerprint density at radius 2 is 1.62 bits per heavy atom. The van der Waals surface area contributed by atoms with Crippen molar-refractivity contribution in [2.24, 2.45) is 0 Å². The SMILES string of the molecule is CC(CCN(C)CCc1ccccc1)c1ccc(N)cc1. The fraction of sp³-hybridized carbons (Fsp3) is 0.368. The average Bonchev–Trinajstić information content (AvgIpc) is 2.52. The van der Waals surface area contributed by atoms with Crippen LogP contribution in [0.25, 0.3) is 0 Å². The van der Waals surface area contributed by atoms with Gasteiger partial charge < -0.3 is 10.6 Å². The largest absolute Gasteiger partial charge is 0.399 e. The molecule has 0 spiro atoms. The summed E-state index contributed by atoms with van der Waals surface area (Å²) in [5.41, 5.74) is 9.36. The number of likely N-dealkylation sites (N-methyl/N-ethyl adjacent to an activating group) is 1. The highest BCUT2D eigenvalue weighted by Gasteiger charge is 2.07. The molecular formula is C19H26N2. The van der Waals surface area contributed by atoms with Crippen molar-refractivity contribution in [3.8, 4) is 0 Å². The van der Waals surface area contributed by atoms with Crippen molar-refractivity contribution in [3.05, 3.63) is 65.7 Å². The molecule has 0 saturated carbocycles. The first kappa shape index (κ1) is 15.6. The molecule has 0 aliphatic heterocycles. The molecule has 2 rings (SSSR count). The molecule has 2 aromatic rings. The highest BCUT2D eigenvalue weighted by atomic mass is 15.1. The summed E-state index contributed by atoms with van der Waals surface area (Å²) in [6.07, 6.45) is 2.29. The van der Waals surface area contributed by atoms with Gasteiger partial charge in [-0.05, 0) is 55.6 Å². The number of nitrogen functional groups attached to an aromatic ring is 1. The lowest BCUT2D eigenvalue weighted by Gasteiger charge is -2.19. The van der Waals surface area contributed by atoms with E-state index in [1.165, 1.54) is 17.5 Å². The summed E-state index contributed by atoms with van der Waals surface area (Å²) in [6.45, 7) is 4.52. The number of benzene rings is 2. The molecule has 0 aromatic heterocycles. The molecule has 112 valence electrons. The number of hydrogen-bond donors (Lipinski definition) is 1. The Kier molecular flexibility index (Phi) is 5.82. The topological polar surface area (TPSA) is 29.3 Å². The normalized spacial score (nSPS) is 12.5. The van der Waals surface area contributed by atoms with E-state index in [9.17, 15) is 0 Å². The van der Waals surface area contributed by atoms with Gasteiger partial charge in [0, 0.05) is 12.2 Å². The van der Waals surface area contributed by atoms with Gasteiger partial charge in [-0.15, -0.1) is 0 Å². The molecular weight excluding hydrogens is 256 g/mol. The van der Waals surface area contributed by atoms with E-state index >= 15 is 0 Å². The number of anilines is 1. The fourth-order valence-corrected chi connectivity index (χ4v) is 2.48. The second kappa shape index (κ2) is 7.84. The quantitative estimate of drug-likeness (QED) is 0.779. The first-order chi connectivity index (χ1) is 10.1. The smallest absolute Gasteiger partial charge is 0.0314 e. The van der Waals surface area contributed by atoms with Crippen LogP contribution < -0.4 is 5.73 Å². The van der Waals surface area contributed by atoms with Crippen LogP contribution in [0.5, 0.6) is 0 Å². The maximum absolute atomic E-state index is 5.74. The Labute approximate surface area is 128 Å². The lowest BCUT2D eigenvalue weighted by Crippen LogP contribution is -2.23. The van der Waals surface area contributed by atoms with Gasteiger partial charge in [0.25, 0.3) is 0 Å². The molecule has 0 fully saturated rings. The molecule has 1 unspecified atom stereocenters. The van der Waals surface area contributed by atoms with Gasteiger partial charge in [-0.1, -0.05) is 49.4 Å². The van der Waals surface area contributed by atoms with Gasteiger partial charge in [0.1, 0.15) is 0 Å².